The molecule has 1 heterocycles. The summed E-state index contributed by atoms with van der Waals surface area (Å²) in [5.74, 6) is 0.418. The van der Waals surface area contributed by atoms with Gasteiger partial charge in [-0.15, -0.1) is 0 Å². The minimum Gasteiger partial charge on any atom is -0.397 e. The van der Waals surface area contributed by atoms with Crippen molar-refractivity contribution in [2.24, 2.45) is 5.92 Å². The van der Waals surface area contributed by atoms with Gasteiger partial charge in [0.15, 0.2) is 0 Å². The van der Waals surface area contributed by atoms with E-state index >= 15 is 0 Å². The molecular weight excluding hydrogens is 226 g/mol. The number of nitrogens with two attached hydrogens (primary N) is 1. The normalized spacial score (nSPS) is 14.6. The van der Waals surface area contributed by atoms with E-state index in [1.807, 2.05) is 31.5 Å². The lowest BCUT2D eigenvalue weighted by atomic mass is 10.0. The topological polar surface area (TPSA) is 60.1 Å². The maximum Gasteiger partial charge on any atom is 0.268 e. The number of anilines is 1. The van der Waals surface area contributed by atoms with Crippen molar-refractivity contribution < 1.29 is 4.79 Å². The Morgan fingerprint density at radius 2 is 2.00 bits per heavy atom. The molecule has 2 atom stereocenters. The molecule has 0 aliphatic heterocycles. The van der Waals surface area contributed by atoms with E-state index in [0.717, 1.165) is 6.42 Å². The van der Waals surface area contributed by atoms with Gasteiger partial charge in [0, 0.05) is 18.3 Å². The van der Waals surface area contributed by atoms with Crippen LogP contribution in [0, 0.1) is 5.92 Å². The number of aromatic nitrogens is 1. The zero-order valence-electron chi connectivity index (χ0n) is 12.0. The number of nitrogens with one attached hydrogen (secondary N) is 1. The third-order valence-corrected chi connectivity index (χ3v) is 3.51. The van der Waals surface area contributed by atoms with Crippen LogP contribution in [0.3, 0.4) is 0 Å². The van der Waals surface area contributed by atoms with Gasteiger partial charge in [-0.25, -0.2) is 0 Å². The van der Waals surface area contributed by atoms with Crippen molar-refractivity contribution in [3.63, 3.8) is 0 Å². The van der Waals surface area contributed by atoms with E-state index < -0.39 is 0 Å². The van der Waals surface area contributed by atoms with E-state index in [4.69, 9.17) is 5.73 Å². The monoisotopic (exact) mass is 251 g/mol. The third kappa shape index (κ3) is 3.28. The molecule has 1 amide bonds. The Morgan fingerprint density at radius 1 is 1.39 bits per heavy atom. The lowest BCUT2D eigenvalue weighted by molar-refractivity contribution is 0.0917. The standard InChI is InChI=1S/C14H25N3O/c1-6-10(4)11(5)16-14(18)13-7-12(15)8-17(13)9(2)3/h7-11H,6,15H2,1-5H3,(H,16,18). The molecule has 3 N–H and O–H groups in total. The SMILES string of the molecule is CCC(C)C(C)NC(=O)c1cc(N)cn1C(C)C. The highest BCUT2D eigenvalue weighted by Crippen LogP contribution is 2.17. The van der Waals surface area contributed by atoms with Crippen molar-refractivity contribution in [3.8, 4) is 0 Å². The van der Waals surface area contributed by atoms with E-state index in [0.29, 0.717) is 17.3 Å². The molecule has 0 aliphatic carbocycles. The molecule has 1 aromatic heterocycles. The van der Waals surface area contributed by atoms with Crippen molar-refractivity contribution >= 4 is 11.6 Å². The summed E-state index contributed by atoms with van der Waals surface area (Å²) in [5, 5.41) is 3.04. The van der Waals surface area contributed by atoms with Gasteiger partial charge in [-0.05, 0) is 32.8 Å². The van der Waals surface area contributed by atoms with Crippen molar-refractivity contribution in [3.05, 3.63) is 18.0 Å². The number of carbonyl (C=O) groups is 1. The second-order valence-electron chi connectivity index (χ2n) is 5.31. The molecule has 0 saturated heterocycles. The average molecular weight is 251 g/mol. The summed E-state index contributed by atoms with van der Waals surface area (Å²) < 4.78 is 1.91. The minimum absolute atomic E-state index is 0.0480. The van der Waals surface area contributed by atoms with E-state index in [9.17, 15) is 4.79 Å². The van der Waals surface area contributed by atoms with E-state index in [-0.39, 0.29) is 18.0 Å². The Balaban J connectivity index is 2.84. The van der Waals surface area contributed by atoms with Gasteiger partial charge in [-0.2, -0.15) is 0 Å². The number of nitrogens with zero attached hydrogens (tertiary/aromatic N) is 1. The molecule has 0 bridgehead atoms. The molecule has 0 fully saturated rings. The minimum atomic E-state index is -0.0480. The number of amides is 1. The second-order valence-corrected chi connectivity index (χ2v) is 5.31. The quantitative estimate of drug-likeness (QED) is 0.845. The van der Waals surface area contributed by atoms with Gasteiger partial charge < -0.3 is 15.6 Å². The Labute approximate surface area is 110 Å². The summed E-state index contributed by atoms with van der Waals surface area (Å²) >= 11 is 0. The van der Waals surface area contributed by atoms with Gasteiger partial charge in [0.05, 0.1) is 5.69 Å². The predicted molar refractivity (Wildman–Crippen MR) is 75.6 cm³/mol. The fraction of sp³-hybridized carbons (Fsp3) is 0.643. The van der Waals surface area contributed by atoms with Gasteiger partial charge in [0.2, 0.25) is 0 Å². The van der Waals surface area contributed by atoms with Gasteiger partial charge in [0.25, 0.3) is 5.91 Å². The van der Waals surface area contributed by atoms with Crippen LogP contribution in [-0.4, -0.2) is 16.5 Å². The van der Waals surface area contributed by atoms with Gasteiger partial charge >= 0.3 is 0 Å². The van der Waals surface area contributed by atoms with E-state index in [2.05, 4.69) is 19.2 Å². The first-order chi connectivity index (χ1) is 8.36. The number of nitrogen functional groups attached to an aromatic ring is 1. The van der Waals surface area contributed by atoms with Gasteiger partial charge in [0.1, 0.15) is 5.69 Å². The van der Waals surface area contributed by atoms with Crippen LogP contribution in [0.4, 0.5) is 5.69 Å². The molecule has 0 radical (unpaired) electrons. The molecule has 0 saturated carbocycles. The molecule has 0 aliphatic rings. The summed E-state index contributed by atoms with van der Waals surface area (Å²) in [6.45, 7) is 10.4. The molecule has 18 heavy (non-hydrogen) atoms. The zero-order chi connectivity index (χ0) is 13.9. The molecule has 2 unspecified atom stereocenters. The first-order valence-electron chi connectivity index (χ1n) is 6.65. The number of rotatable bonds is 5. The average Bonchev–Trinajstić information content (AvgIpc) is 2.70. The van der Waals surface area contributed by atoms with Crippen LogP contribution < -0.4 is 11.1 Å². The third-order valence-electron chi connectivity index (χ3n) is 3.51. The van der Waals surface area contributed by atoms with Crippen LogP contribution >= 0.6 is 0 Å². The number of hydrogen-bond donors (Lipinski definition) is 2. The molecule has 1 aromatic rings. The van der Waals surface area contributed by atoms with Crippen molar-refractivity contribution in [2.75, 3.05) is 5.73 Å². The van der Waals surface area contributed by atoms with Crippen molar-refractivity contribution in [2.45, 2.75) is 53.1 Å². The summed E-state index contributed by atoms with van der Waals surface area (Å²) in [6, 6.07) is 2.12. The van der Waals surface area contributed by atoms with Crippen LogP contribution in [0.2, 0.25) is 0 Å². The van der Waals surface area contributed by atoms with Crippen molar-refractivity contribution in [1.82, 2.24) is 9.88 Å². The van der Waals surface area contributed by atoms with Crippen LogP contribution in [0.5, 0.6) is 0 Å². The lowest BCUT2D eigenvalue weighted by Gasteiger charge is -2.21. The highest BCUT2D eigenvalue weighted by atomic mass is 16.2. The molecule has 4 heteroatoms. The maximum absolute atomic E-state index is 12.2. The summed E-state index contributed by atoms with van der Waals surface area (Å²) in [6.07, 6.45) is 2.86. The van der Waals surface area contributed by atoms with Gasteiger partial charge in [-0.3, -0.25) is 4.79 Å². The van der Waals surface area contributed by atoms with Gasteiger partial charge in [-0.1, -0.05) is 20.3 Å². The molecular formula is C14H25N3O. The summed E-state index contributed by atoms with van der Waals surface area (Å²) in [7, 11) is 0. The fourth-order valence-electron chi connectivity index (χ4n) is 1.89. The Morgan fingerprint density at radius 3 is 2.50 bits per heavy atom. The Kier molecular flexibility index (Phi) is 4.82. The largest absolute Gasteiger partial charge is 0.397 e. The smallest absolute Gasteiger partial charge is 0.268 e. The van der Waals surface area contributed by atoms with E-state index in [1.54, 1.807) is 6.07 Å². The second kappa shape index (κ2) is 5.94. The summed E-state index contributed by atoms with van der Waals surface area (Å²) in [5.41, 5.74) is 7.04. The van der Waals surface area contributed by atoms with E-state index in [1.165, 1.54) is 0 Å². The van der Waals surface area contributed by atoms with Crippen molar-refractivity contribution in [1.29, 1.82) is 0 Å². The Bertz CT molecular complexity index is 409. The highest BCUT2D eigenvalue weighted by Gasteiger charge is 2.18. The molecule has 102 valence electrons. The highest BCUT2D eigenvalue weighted by molar-refractivity contribution is 5.94. The Hall–Kier alpha value is -1.45. The number of hydrogen-bond acceptors (Lipinski definition) is 2. The number of carbonyl (C=O) groups excluding carboxylic acids is 1. The summed E-state index contributed by atoms with van der Waals surface area (Å²) in [4.78, 5) is 12.2. The first-order valence-corrected chi connectivity index (χ1v) is 6.65. The van der Waals surface area contributed by atoms with Crippen LogP contribution in [0.25, 0.3) is 0 Å². The molecule has 0 spiro atoms. The first kappa shape index (κ1) is 14.6. The zero-order valence-corrected chi connectivity index (χ0v) is 12.0. The molecule has 4 nitrogen and oxygen atoms in total. The van der Waals surface area contributed by atoms with Crippen LogP contribution in [0.1, 0.15) is 57.6 Å². The van der Waals surface area contributed by atoms with Crippen LogP contribution in [0.15, 0.2) is 12.3 Å². The predicted octanol–water partition coefficient (Wildman–Crippen LogP) is 2.82. The fourth-order valence-corrected chi connectivity index (χ4v) is 1.89. The van der Waals surface area contributed by atoms with Crippen LogP contribution in [-0.2, 0) is 0 Å². The lowest BCUT2D eigenvalue weighted by Crippen LogP contribution is -2.37. The maximum atomic E-state index is 12.2. The molecule has 1 rings (SSSR count). The molecule has 0 aromatic carbocycles.